The van der Waals surface area contributed by atoms with Crippen molar-refractivity contribution in [1.29, 1.82) is 0 Å². The van der Waals surface area contributed by atoms with E-state index in [1.165, 1.54) is 22.2 Å². The molecule has 0 aliphatic rings. The molecule has 3 heterocycles. The van der Waals surface area contributed by atoms with Gasteiger partial charge in [-0.3, -0.25) is 9.36 Å². The van der Waals surface area contributed by atoms with Crippen LogP contribution in [0.1, 0.15) is 23.8 Å². The first kappa shape index (κ1) is 17.2. The van der Waals surface area contributed by atoms with Crippen molar-refractivity contribution < 1.29 is 0 Å². The van der Waals surface area contributed by atoms with Crippen LogP contribution in [-0.4, -0.2) is 19.5 Å². The number of fused-ring (bicyclic) bond motifs is 2. The summed E-state index contributed by atoms with van der Waals surface area (Å²) in [6.07, 6.45) is 2.45. The van der Waals surface area contributed by atoms with Gasteiger partial charge in [0.05, 0.1) is 10.9 Å². The van der Waals surface area contributed by atoms with Crippen LogP contribution in [0.5, 0.6) is 0 Å². The second-order valence-electron chi connectivity index (χ2n) is 6.11. The Labute approximate surface area is 159 Å². The summed E-state index contributed by atoms with van der Waals surface area (Å²) in [6.45, 7) is 6.88. The normalized spacial score (nSPS) is 11.5. The van der Waals surface area contributed by atoms with E-state index < -0.39 is 0 Å². The van der Waals surface area contributed by atoms with Gasteiger partial charge in [-0.1, -0.05) is 19.1 Å². The van der Waals surface area contributed by atoms with Crippen molar-refractivity contribution in [2.45, 2.75) is 43.9 Å². The average molecular weight is 383 g/mol. The van der Waals surface area contributed by atoms with Crippen LogP contribution in [0.15, 0.2) is 45.6 Å². The number of rotatable bonds is 4. The van der Waals surface area contributed by atoms with E-state index in [-0.39, 0.29) is 5.56 Å². The molecule has 1 aromatic carbocycles. The Morgan fingerprint density at radius 3 is 2.81 bits per heavy atom. The minimum atomic E-state index is 0.00321. The molecule has 7 heteroatoms. The zero-order valence-corrected chi connectivity index (χ0v) is 16.4. The van der Waals surface area contributed by atoms with E-state index in [9.17, 15) is 4.79 Å². The quantitative estimate of drug-likeness (QED) is 0.382. The Morgan fingerprint density at radius 1 is 1.19 bits per heavy atom. The van der Waals surface area contributed by atoms with Crippen LogP contribution in [0.3, 0.4) is 0 Å². The van der Waals surface area contributed by atoms with Crippen molar-refractivity contribution in [1.82, 2.24) is 19.5 Å². The summed E-state index contributed by atoms with van der Waals surface area (Å²) in [7, 11) is 0. The second-order valence-corrected chi connectivity index (χ2v) is 8.27. The van der Waals surface area contributed by atoms with Gasteiger partial charge in [0, 0.05) is 16.8 Å². The van der Waals surface area contributed by atoms with Crippen LogP contribution in [0.2, 0.25) is 0 Å². The molecule has 4 rings (SSSR count). The molecule has 0 spiro atoms. The monoisotopic (exact) mass is 382 g/mol. The highest BCUT2D eigenvalue weighted by Crippen LogP contribution is 2.36. The van der Waals surface area contributed by atoms with Crippen LogP contribution in [0, 0.1) is 13.8 Å². The standard InChI is InChI=1S/C19H18N4OS2/c1-4-9-23-18(24)13-7-5-6-8-14(13)22-19(23)26-17-15-11(2)12(3)25-16(15)20-10-21-17/h5-8,10H,4,9H2,1-3H3. The van der Waals surface area contributed by atoms with E-state index in [0.29, 0.717) is 17.1 Å². The van der Waals surface area contributed by atoms with Crippen molar-refractivity contribution in [2.75, 3.05) is 0 Å². The largest absolute Gasteiger partial charge is 0.287 e. The molecule has 0 unspecified atom stereocenters. The Bertz CT molecular complexity index is 1180. The lowest BCUT2D eigenvalue weighted by Crippen LogP contribution is -2.23. The SMILES string of the molecule is CCCn1c(Sc2ncnc3sc(C)c(C)c23)nc2ccccc2c1=O. The third kappa shape index (κ3) is 2.81. The third-order valence-corrected chi connectivity index (χ3v) is 6.50. The molecular formula is C19H18N4OS2. The predicted molar refractivity (Wildman–Crippen MR) is 107 cm³/mol. The molecule has 0 fully saturated rings. The summed E-state index contributed by atoms with van der Waals surface area (Å²) in [5, 5.41) is 3.24. The number of nitrogens with zero attached hydrogens (tertiary/aromatic N) is 4. The first-order valence-corrected chi connectivity index (χ1v) is 10.1. The first-order chi connectivity index (χ1) is 12.6. The molecule has 0 bridgehead atoms. The van der Waals surface area contributed by atoms with Crippen molar-refractivity contribution in [3.63, 3.8) is 0 Å². The summed E-state index contributed by atoms with van der Waals surface area (Å²) >= 11 is 3.12. The van der Waals surface area contributed by atoms with Gasteiger partial charge in [0.15, 0.2) is 5.16 Å². The molecule has 3 aromatic heterocycles. The van der Waals surface area contributed by atoms with Crippen LogP contribution in [0.25, 0.3) is 21.1 Å². The maximum atomic E-state index is 12.9. The predicted octanol–water partition coefficient (Wildman–Crippen LogP) is 4.58. The van der Waals surface area contributed by atoms with Crippen molar-refractivity contribution >= 4 is 44.2 Å². The number of thiophene rings is 1. The number of hydrogen-bond acceptors (Lipinski definition) is 6. The summed E-state index contributed by atoms with van der Waals surface area (Å²) in [5.74, 6) is 0. The van der Waals surface area contributed by atoms with E-state index in [1.807, 2.05) is 24.3 Å². The summed E-state index contributed by atoms with van der Waals surface area (Å²) < 4.78 is 1.76. The smallest absolute Gasteiger partial charge is 0.262 e. The average Bonchev–Trinajstić information content (AvgIpc) is 2.93. The summed E-state index contributed by atoms with van der Waals surface area (Å²) in [4.78, 5) is 28.8. The van der Waals surface area contributed by atoms with E-state index in [0.717, 1.165) is 27.2 Å². The molecular weight excluding hydrogens is 364 g/mol. The molecule has 0 amide bonds. The van der Waals surface area contributed by atoms with Gasteiger partial charge in [0.1, 0.15) is 16.2 Å². The first-order valence-electron chi connectivity index (χ1n) is 8.48. The highest BCUT2D eigenvalue weighted by Gasteiger charge is 2.17. The molecule has 0 aliphatic heterocycles. The molecule has 0 radical (unpaired) electrons. The highest BCUT2D eigenvalue weighted by molar-refractivity contribution is 7.99. The fourth-order valence-electron chi connectivity index (χ4n) is 2.96. The van der Waals surface area contributed by atoms with Gasteiger partial charge in [-0.15, -0.1) is 11.3 Å². The molecule has 132 valence electrons. The number of benzene rings is 1. The van der Waals surface area contributed by atoms with E-state index in [2.05, 4.69) is 30.7 Å². The second kappa shape index (κ2) is 6.81. The molecule has 5 nitrogen and oxygen atoms in total. The zero-order valence-electron chi connectivity index (χ0n) is 14.8. The van der Waals surface area contributed by atoms with Gasteiger partial charge < -0.3 is 0 Å². The van der Waals surface area contributed by atoms with E-state index in [1.54, 1.807) is 22.2 Å². The minimum Gasteiger partial charge on any atom is -0.287 e. The van der Waals surface area contributed by atoms with Gasteiger partial charge in [-0.25, -0.2) is 15.0 Å². The van der Waals surface area contributed by atoms with Crippen LogP contribution in [-0.2, 0) is 6.54 Å². The van der Waals surface area contributed by atoms with Gasteiger partial charge in [0.2, 0.25) is 0 Å². The van der Waals surface area contributed by atoms with Crippen LogP contribution < -0.4 is 5.56 Å². The van der Waals surface area contributed by atoms with Crippen LogP contribution >= 0.6 is 23.1 Å². The fraction of sp³-hybridized carbons (Fsp3) is 0.263. The fourth-order valence-corrected chi connectivity index (χ4v) is 5.07. The highest BCUT2D eigenvalue weighted by atomic mass is 32.2. The van der Waals surface area contributed by atoms with Gasteiger partial charge >= 0.3 is 0 Å². The lowest BCUT2D eigenvalue weighted by atomic mass is 10.2. The lowest BCUT2D eigenvalue weighted by molar-refractivity contribution is 0.584. The zero-order chi connectivity index (χ0) is 18.3. The maximum Gasteiger partial charge on any atom is 0.262 e. The molecule has 26 heavy (non-hydrogen) atoms. The van der Waals surface area contributed by atoms with Crippen molar-refractivity contribution in [2.24, 2.45) is 0 Å². The van der Waals surface area contributed by atoms with Gasteiger partial charge in [-0.05, 0) is 49.7 Å². The molecule has 0 atom stereocenters. The number of para-hydroxylation sites is 1. The molecule has 0 saturated heterocycles. The van der Waals surface area contributed by atoms with Gasteiger partial charge in [-0.2, -0.15) is 0 Å². The van der Waals surface area contributed by atoms with Crippen LogP contribution in [0.4, 0.5) is 0 Å². The Balaban J connectivity index is 1.93. The third-order valence-electron chi connectivity index (χ3n) is 4.39. The number of hydrogen-bond donors (Lipinski definition) is 0. The maximum absolute atomic E-state index is 12.9. The van der Waals surface area contributed by atoms with E-state index >= 15 is 0 Å². The Kier molecular flexibility index (Phi) is 4.50. The topological polar surface area (TPSA) is 60.7 Å². The van der Waals surface area contributed by atoms with E-state index in [4.69, 9.17) is 4.98 Å². The molecule has 0 aliphatic carbocycles. The number of aryl methyl sites for hydroxylation is 2. The molecule has 0 saturated carbocycles. The lowest BCUT2D eigenvalue weighted by Gasteiger charge is -2.12. The Morgan fingerprint density at radius 2 is 2.00 bits per heavy atom. The molecule has 4 aromatic rings. The summed E-state index contributed by atoms with van der Waals surface area (Å²) in [5.41, 5.74) is 1.91. The molecule has 0 N–H and O–H groups in total. The van der Waals surface area contributed by atoms with Crippen molar-refractivity contribution in [3.8, 4) is 0 Å². The minimum absolute atomic E-state index is 0.00321. The van der Waals surface area contributed by atoms with Gasteiger partial charge in [0.25, 0.3) is 5.56 Å². The number of aromatic nitrogens is 4. The van der Waals surface area contributed by atoms with Crippen molar-refractivity contribution in [3.05, 3.63) is 51.4 Å². The summed E-state index contributed by atoms with van der Waals surface area (Å²) in [6, 6.07) is 7.50. The Hall–Kier alpha value is -2.25.